The standard InChI is InChI=1S/C17H18ClNS/c1-11-9-16(20-13-6-4-5-12(18)10-13)17(19)15-8-3-2-7-14(11)15/h2-8,10-11,16-17H,9,19H2,1H3. The average Bonchev–Trinajstić information content (AvgIpc) is 2.45. The van der Waals surface area contributed by atoms with Crippen molar-refractivity contribution in [2.45, 2.75) is 35.4 Å². The number of hydrogen-bond donors (Lipinski definition) is 1. The Bertz CT molecular complexity index is 613. The predicted octanol–water partition coefficient (Wildman–Crippen LogP) is 5.01. The van der Waals surface area contributed by atoms with Gasteiger partial charge < -0.3 is 5.73 Å². The van der Waals surface area contributed by atoms with E-state index in [0.29, 0.717) is 11.2 Å². The van der Waals surface area contributed by atoms with Crippen molar-refractivity contribution in [1.29, 1.82) is 0 Å². The minimum Gasteiger partial charge on any atom is -0.323 e. The van der Waals surface area contributed by atoms with Crippen molar-refractivity contribution in [3.8, 4) is 0 Å². The molecule has 3 unspecified atom stereocenters. The Morgan fingerprint density at radius 1 is 1.10 bits per heavy atom. The summed E-state index contributed by atoms with van der Waals surface area (Å²) in [5, 5.41) is 1.19. The van der Waals surface area contributed by atoms with Crippen molar-refractivity contribution >= 4 is 23.4 Å². The maximum Gasteiger partial charge on any atom is 0.0422 e. The highest BCUT2D eigenvalue weighted by molar-refractivity contribution is 8.00. The first-order chi connectivity index (χ1) is 9.65. The number of nitrogens with two attached hydrogens (primary N) is 1. The van der Waals surface area contributed by atoms with Crippen LogP contribution in [0.4, 0.5) is 0 Å². The topological polar surface area (TPSA) is 26.0 Å². The lowest BCUT2D eigenvalue weighted by Crippen LogP contribution is -2.30. The molecule has 1 aliphatic carbocycles. The largest absolute Gasteiger partial charge is 0.323 e. The van der Waals surface area contributed by atoms with E-state index >= 15 is 0 Å². The van der Waals surface area contributed by atoms with Crippen molar-refractivity contribution in [1.82, 2.24) is 0 Å². The summed E-state index contributed by atoms with van der Waals surface area (Å²) in [6, 6.07) is 16.7. The summed E-state index contributed by atoms with van der Waals surface area (Å²) >= 11 is 7.91. The Morgan fingerprint density at radius 2 is 1.85 bits per heavy atom. The van der Waals surface area contributed by atoms with E-state index in [1.807, 2.05) is 30.0 Å². The van der Waals surface area contributed by atoms with Gasteiger partial charge >= 0.3 is 0 Å². The Labute approximate surface area is 129 Å². The summed E-state index contributed by atoms with van der Waals surface area (Å²) in [5.74, 6) is 0.558. The van der Waals surface area contributed by atoms with Gasteiger partial charge in [0.1, 0.15) is 0 Å². The van der Waals surface area contributed by atoms with Crippen molar-refractivity contribution in [3.05, 3.63) is 64.7 Å². The fourth-order valence-electron chi connectivity index (χ4n) is 2.92. The first kappa shape index (κ1) is 14.0. The highest BCUT2D eigenvalue weighted by Gasteiger charge is 2.31. The predicted molar refractivity (Wildman–Crippen MR) is 87.5 cm³/mol. The number of thioether (sulfide) groups is 1. The molecule has 0 saturated heterocycles. The van der Waals surface area contributed by atoms with Gasteiger partial charge in [0, 0.05) is 21.2 Å². The molecule has 0 aliphatic heterocycles. The second kappa shape index (κ2) is 5.80. The molecule has 2 aromatic carbocycles. The van der Waals surface area contributed by atoms with Crippen molar-refractivity contribution in [2.24, 2.45) is 5.73 Å². The van der Waals surface area contributed by atoms with Crippen LogP contribution in [0.15, 0.2) is 53.4 Å². The lowest BCUT2D eigenvalue weighted by Gasteiger charge is -2.34. The molecule has 0 spiro atoms. The minimum absolute atomic E-state index is 0.0892. The Balaban J connectivity index is 1.86. The lowest BCUT2D eigenvalue weighted by molar-refractivity contribution is 0.527. The number of fused-ring (bicyclic) bond motifs is 1. The van der Waals surface area contributed by atoms with Crippen LogP contribution in [0.5, 0.6) is 0 Å². The van der Waals surface area contributed by atoms with Gasteiger partial charge in [-0.3, -0.25) is 0 Å². The molecule has 0 radical (unpaired) electrons. The zero-order valence-corrected chi connectivity index (χ0v) is 13.0. The Hall–Kier alpha value is -0.960. The van der Waals surface area contributed by atoms with E-state index < -0.39 is 0 Å². The number of benzene rings is 2. The van der Waals surface area contributed by atoms with Gasteiger partial charge in [-0.15, -0.1) is 11.8 Å². The van der Waals surface area contributed by atoms with Crippen LogP contribution in [0, 0.1) is 0 Å². The molecule has 104 valence electrons. The second-order valence-electron chi connectivity index (χ2n) is 5.41. The van der Waals surface area contributed by atoms with E-state index in [0.717, 1.165) is 11.4 Å². The van der Waals surface area contributed by atoms with Crippen LogP contribution in [0.25, 0.3) is 0 Å². The van der Waals surface area contributed by atoms with Crippen molar-refractivity contribution in [3.63, 3.8) is 0 Å². The Kier molecular flexibility index (Phi) is 4.06. The van der Waals surface area contributed by atoms with Crippen LogP contribution < -0.4 is 5.73 Å². The van der Waals surface area contributed by atoms with Gasteiger partial charge in [0.15, 0.2) is 0 Å². The monoisotopic (exact) mass is 303 g/mol. The molecule has 2 aromatic rings. The highest BCUT2D eigenvalue weighted by Crippen LogP contribution is 2.43. The first-order valence-corrected chi connectivity index (χ1v) is 8.17. The van der Waals surface area contributed by atoms with Gasteiger partial charge in [0.2, 0.25) is 0 Å². The molecule has 0 saturated carbocycles. The fraction of sp³-hybridized carbons (Fsp3) is 0.294. The maximum atomic E-state index is 6.48. The molecular weight excluding hydrogens is 286 g/mol. The number of rotatable bonds is 2. The molecular formula is C17H18ClNS. The molecule has 0 bridgehead atoms. The molecule has 20 heavy (non-hydrogen) atoms. The van der Waals surface area contributed by atoms with E-state index in [9.17, 15) is 0 Å². The molecule has 0 fully saturated rings. The summed E-state index contributed by atoms with van der Waals surface area (Å²) < 4.78 is 0. The van der Waals surface area contributed by atoms with Crippen LogP contribution in [-0.4, -0.2) is 5.25 Å². The zero-order chi connectivity index (χ0) is 14.1. The summed E-state index contributed by atoms with van der Waals surface area (Å²) in [5.41, 5.74) is 9.19. The third-order valence-electron chi connectivity index (χ3n) is 3.96. The average molecular weight is 304 g/mol. The van der Waals surface area contributed by atoms with Crippen LogP contribution in [-0.2, 0) is 0 Å². The smallest absolute Gasteiger partial charge is 0.0422 e. The third kappa shape index (κ3) is 2.73. The summed E-state index contributed by atoms with van der Waals surface area (Å²) in [6.45, 7) is 2.29. The molecule has 3 heteroatoms. The molecule has 1 nitrogen and oxygen atoms in total. The van der Waals surface area contributed by atoms with Gasteiger partial charge in [-0.25, -0.2) is 0 Å². The lowest BCUT2D eigenvalue weighted by atomic mass is 9.81. The molecule has 2 N–H and O–H groups in total. The van der Waals surface area contributed by atoms with Crippen LogP contribution in [0.1, 0.15) is 36.4 Å². The summed E-state index contributed by atoms with van der Waals surface area (Å²) in [6.07, 6.45) is 1.11. The SMILES string of the molecule is CC1CC(Sc2cccc(Cl)c2)C(N)c2ccccc21. The van der Waals surface area contributed by atoms with E-state index in [-0.39, 0.29) is 6.04 Å². The van der Waals surface area contributed by atoms with Crippen LogP contribution in [0.2, 0.25) is 5.02 Å². The number of halogens is 1. The van der Waals surface area contributed by atoms with Gasteiger partial charge in [-0.05, 0) is 41.7 Å². The van der Waals surface area contributed by atoms with E-state index in [1.165, 1.54) is 16.0 Å². The van der Waals surface area contributed by atoms with Crippen LogP contribution >= 0.6 is 23.4 Å². The van der Waals surface area contributed by atoms with E-state index in [2.05, 4.69) is 37.3 Å². The normalized spacial score (nSPS) is 25.2. The molecule has 0 amide bonds. The molecule has 1 aliphatic rings. The summed E-state index contributed by atoms with van der Waals surface area (Å²) in [4.78, 5) is 1.20. The zero-order valence-electron chi connectivity index (χ0n) is 11.4. The van der Waals surface area contributed by atoms with Gasteiger partial charge in [0.25, 0.3) is 0 Å². The highest BCUT2D eigenvalue weighted by atomic mass is 35.5. The Morgan fingerprint density at radius 3 is 2.60 bits per heavy atom. The van der Waals surface area contributed by atoms with Gasteiger partial charge in [0.05, 0.1) is 0 Å². The summed E-state index contributed by atoms with van der Waals surface area (Å²) in [7, 11) is 0. The second-order valence-corrected chi connectivity index (χ2v) is 7.15. The maximum absolute atomic E-state index is 6.48. The minimum atomic E-state index is 0.0892. The van der Waals surface area contributed by atoms with Gasteiger partial charge in [-0.2, -0.15) is 0 Å². The quantitative estimate of drug-likeness (QED) is 0.844. The van der Waals surface area contributed by atoms with Gasteiger partial charge in [-0.1, -0.05) is 48.9 Å². The van der Waals surface area contributed by atoms with Crippen LogP contribution in [0.3, 0.4) is 0 Å². The van der Waals surface area contributed by atoms with Crippen molar-refractivity contribution < 1.29 is 0 Å². The van der Waals surface area contributed by atoms with Crippen molar-refractivity contribution in [2.75, 3.05) is 0 Å². The van der Waals surface area contributed by atoms with E-state index in [4.69, 9.17) is 17.3 Å². The molecule has 0 heterocycles. The molecule has 3 atom stereocenters. The van der Waals surface area contributed by atoms with E-state index in [1.54, 1.807) is 0 Å². The molecule has 0 aromatic heterocycles. The molecule has 3 rings (SSSR count). The fourth-order valence-corrected chi connectivity index (χ4v) is 4.56. The first-order valence-electron chi connectivity index (χ1n) is 6.92. The number of hydrogen-bond acceptors (Lipinski definition) is 2. The third-order valence-corrected chi connectivity index (χ3v) is 5.51.